The number of carbonyl (C=O) groups is 2. The van der Waals surface area contributed by atoms with Crippen molar-refractivity contribution in [3.05, 3.63) is 69.3 Å². The maximum Gasteiger partial charge on any atom is 0.293 e. The Bertz CT molecular complexity index is 869. The van der Waals surface area contributed by atoms with Gasteiger partial charge in [0.05, 0.1) is 11.5 Å². The Labute approximate surface area is 162 Å². The van der Waals surface area contributed by atoms with Gasteiger partial charge in [0.15, 0.2) is 0 Å². The summed E-state index contributed by atoms with van der Waals surface area (Å²) in [4.78, 5) is 34.3. The minimum atomic E-state index is -0.540. The van der Waals surface area contributed by atoms with Crippen LogP contribution in [0.5, 0.6) is 0 Å². The van der Waals surface area contributed by atoms with E-state index >= 15 is 0 Å². The van der Waals surface area contributed by atoms with Crippen LogP contribution in [0, 0.1) is 10.1 Å². The van der Waals surface area contributed by atoms with E-state index in [0.717, 1.165) is 5.56 Å². The molecule has 0 aromatic heterocycles. The second-order valence-electron chi connectivity index (χ2n) is 5.98. The third kappa shape index (κ3) is 5.78. The summed E-state index contributed by atoms with van der Waals surface area (Å²) < 4.78 is 4.90. The first-order valence-corrected chi connectivity index (χ1v) is 8.60. The summed E-state index contributed by atoms with van der Waals surface area (Å²) in [6.07, 6.45) is 0.492. The average Bonchev–Trinajstić information content (AvgIpc) is 2.68. The Kier molecular flexibility index (Phi) is 7.46. The number of hydrogen-bond donors (Lipinski definition) is 3. The highest BCUT2D eigenvalue weighted by Crippen LogP contribution is 2.25. The van der Waals surface area contributed by atoms with Crippen LogP contribution >= 0.6 is 0 Å². The predicted molar refractivity (Wildman–Crippen MR) is 104 cm³/mol. The molecular formula is C19H22N4O5. The fourth-order valence-electron chi connectivity index (χ4n) is 2.56. The van der Waals surface area contributed by atoms with Crippen molar-refractivity contribution >= 4 is 23.2 Å². The van der Waals surface area contributed by atoms with Crippen LogP contribution in [0.15, 0.2) is 42.5 Å². The molecule has 9 nitrogen and oxygen atoms in total. The molecule has 4 N–H and O–H groups in total. The molecule has 0 saturated heterocycles. The van der Waals surface area contributed by atoms with E-state index in [0.29, 0.717) is 37.4 Å². The number of amides is 2. The fourth-order valence-corrected chi connectivity index (χ4v) is 2.56. The first-order chi connectivity index (χ1) is 13.4. The van der Waals surface area contributed by atoms with Crippen LogP contribution in [0.1, 0.15) is 26.3 Å². The topological polar surface area (TPSA) is 137 Å². The van der Waals surface area contributed by atoms with Gasteiger partial charge in [-0.05, 0) is 36.2 Å². The van der Waals surface area contributed by atoms with Crippen LogP contribution in [-0.4, -0.2) is 43.5 Å². The summed E-state index contributed by atoms with van der Waals surface area (Å²) in [5.74, 6) is -0.935. The lowest BCUT2D eigenvalue weighted by atomic mass is 10.1. The maximum absolute atomic E-state index is 12.3. The number of hydrogen-bond acceptors (Lipinski definition) is 6. The van der Waals surface area contributed by atoms with Gasteiger partial charge < -0.3 is 21.1 Å². The molecule has 0 saturated carbocycles. The summed E-state index contributed by atoms with van der Waals surface area (Å²) in [5, 5.41) is 16.9. The van der Waals surface area contributed by atoms with Crippen LogP contribution < -0.4 is 16.4 Å². The van der Waals surface area contributed by atoms with E-state index in [9.17, 15) is 19.7 Å². The minimum Gasteiger partial charge on any atom is -0.383 e. The summed E-state index contributed by atoms with van der Waals surface area (Å²) in [6, 6.07) is 11.1. The molecule has 0 fully saturated rings. The summed E-state index contributed by atoms with van der Waals surface area (Å²) in [6.45, 7) is 1.12. The average molecular weight is 386 g/mol. The van der Waals surface area contributed by atoms with Crippen LogP contribution in [0.25, 0.3) is 0 Å². The molecular weight excluding hydrogens is 364 g/mol. The van der Waals surface area contributed by atoms with Gasteiger partial charge in [-0.15, -0.1) is 0 Å². The van der Waals surface area contributed by atoms with Crippen molar-refractivity contribution in [3.63, 3.8) is 0 Å². The predicted octanol–water partition coefficient (Wildman–Crippen LogP) is 1.72. The number of ether oxygens (including phenoxy) is 1. The van der Waals surface area contributed by atoms with Gasteiger partial charge in [0.1, 0.15) is 5.69 Å². The largest absolute Gasteiger partial charge is 0.383 e. The molecule has 0 aliphatic carbocycles. The first-order valence-electron chi connectivity index (χ1n) is 8.60. The molecule has 0 spiro atoms. The SMILES string of the molecule is COCCNc1ccc(C(=O)NCCc2cccc(C(N)=O)c2)cc1[N+](=O)[O-]. The van der Waals surface area contributed by atoms with E-state index in [1.165, 1.54) is 25.3 Å². The van der Waals surface area contributed by atoms with Crippen LogP contribution in [0.3, 0.4) is 0 Å². The molecule has 0 aliphatic heterocycles. The Morgan fingerprint density at radius 3 is 2.61 bits per heavy atom. The lowest BCUT2D eigenvalue weighted by molar-refractivity contribution is -0.384. The third-order valence-corrected chi connectivity index (χ3v) is 3.99. The number of benzene rings is 2. The Morgan fingerprint density at radius 1 is 1.14 bits per heavy atom. The molecule has 28 heavy (non-hydrogen) atoms. The molecule has 0 radical (unpaired) electrons. The van der Waals surface area contributed by atoms with E-state index in [1.54, 1.807) is 18.2 Å². The number of methoxy groups -OCH3 is 1. The number of anilines is 1. The van der Waals surface area contributed by atoms with Crippen molar-refractivity contribution in [2.24, 2.45) is 5.73 Å². The zero-order chi connectivity index (χ0) is 20.5. The summed E-state index contributed by atoms with van der Waals surface area (Å²) >= 11 is 0. The van der Waals surface area contributed by atoms with Gasteiger partial charge in [-0.3, -0.25) is 19.7 Å². The normalized spacial score (nSPS) is 10.3. The quantitative estimate of drug-likeness (QED) is 0.323. The number of nitrogens with two attached hydrogens (primary N) is 1. The molecule has 0 atom stereocenters. The van der Waals surface area contributed by atoms with Crippen molar-refractivity contribution < 1.29 is 19.2 Å². The Balaban J connectivity index is 1.99. The number of nitrogens with one attached hydrogen (secondary N) is 2. The van der Waals surface area contributed by atoms with Gasteiger partial charge in [-0.25, -0.2) is 0 Å². The second kappa shape index (κ2) is 10.0. The molecule has 2 aromatic carbocycles. The van der Waals surface area contributed by atoms with Crippen LogP contribution in [0.2, 0.25) is 0 Å². The van der Waals surface area contributed by atoms with Gasteiger partial charge in [-0.2, -0.15) is 0 Å². The summed E-state index contributed by atoms with van der Waals surface area (Å²) in [7, 11) is 1.54. The lowest BCUT2D eigenvalue weighted by Crippen LogP contribution is -2.26. The zero-order valence-electron chi connectivity index (χ0n) is 15.4. The lowest BCUT2D eigenvalue weighted by Gasteiger charge is -2.09. The molecule has 0 bridgehead atoms. The van der Waals surface area contributed by atoms with E-state index in [4.69, 9.17) is 10.5 Å². The molecule has 2 amide bonds. The smallest absolute Gasteiger partial charge is 0.293 e. The van der Waals surface area contributed by atoms with E-state index < -0.39 is 16.7 Å². The molecule has 0 aliphatic rings. The van der Waals surface area contributed by atoms with Crippen molar-refractivity contribution in [2.45, 2.75) is 6.42 Å². The van der Waals surface area contributed by atoms with Crippen molar-refractivity contribution in [3.8, 4) is 0 Å². The Morgan fingerprint density at radius 2 is 1.93 bits per heavy atom. The monoisotopic (exact) mass is 386 g/mol. The summed E-state index contributed by atoms with van der Waals surface area (Å²) in [5.41, 5.74) is 6.82. The number of nitro benzene ring substituents is 1. The van der Waals surface area contributed by atoms with Crippen molar-refractivity contribution in [1.82, 2.24) is 5.32 Å². The highest BCUT2D eigenvalue weighted by molar-refractivity contribution is 5.95. The van der Waals surface area contributed by atoms with Crippen LogP contribution in [0.4, 0.5) is 11.4 Å². The van der Waals surface area contributed by atoms with Crippen LogP contribution in [-0.2, 0) is 11.2 Å². The molecule has 0 unspecified atom stereocenters. The Hall–Kier alpha value is -3.46. The van der Waals surface area contributed by atoms with E-state index in [1.807, 2.05) is 6.07 Å². The maximum atomic E-state index is 12.3. The van der Waals surface area contributed by atoms with Gasteiger partial charge in [0.2, 0.25) is 5.91 Å². The molecule has 148 valence electrons. The molecule has 2 rings (SSSR count). The number of nitro groups is 1. The fraction of sp³-hybridized carbons (Fsp3) is 0.263. The molecule has 0 heterocycles. The van der Waals surface area contributed by atoms with Gasteiger partial charge >= 0.3 is 0 Å². The first kappa shape index (κ1) is 20.8. The van der Waals surface area contributed by atoms with Gasteiger partial charge in [0, 0.05) is 37.4 Å². The highest BCUT2D eigenvalue weighted by Gasteiger charge is 2.17. The minimum absolute atomic E-state index is 0.182. The number of rotatable bonds is 10. The number of primary amides is 1. The molecule has 2 aromatic rings. The van der Waals surface area contributed by atoms with Crippen molar-refractivity contribution in [1.29, 1.82) is 0 Å². The second-order valence-corrected chi connectivity index (χ2v) is 5.98. The number of carbonyl (C=O) groups excluding carboxylic acids is 2. The zero-order valence-corrected chi connectivity index (χ0v) is 15.4. The highest BCUT2D eigenvalue weighted by atomic mass is 16.6. The van der Waals surface area contributed by atoms with Crippen molar-refractivity contribution in [2.75, 3.05) is 32.1 Å². The van der Waals surface area contributed by atoms with Gasteiger partial charge in [-0.1, -0.05) is 12.1 Å². The van der Waals surface area contributed by atoms with E-state index in [2.05, 4.69) is 10.6 Å². The molecule has 9 heteroatoms. The number of nitrogens with zero attached hydrogens (tertiary/aromatic N) is 1. The third-order valence-electron chi connectivity index (χ3n) is 3.99. The standard InChI is InChI=1S/C19H22N4O5/c1-28-10-9-21-16-6-5-15(12-17(16)23(26)27)19(25)22-8-7-13-3-2-4-14(11-13)18(20)24/h2-6,11-12,21H,7-10H2,1H3,(H2,20,24)(H,22,25). The van der Waals surface area contributed by atoms with E-state index in [-0.39, 0.29) is 11.3 Å². The van der Waals surface area contributed by atoms with Gasteiger partial charge in [0.25, 0.3) is 11.6 Å².